The van der Waals surface area contributed by atoms with Gasteiger partial charge in [-0.05, 0) is 26.0 Å². The molecule has 41 heavy (non-hydrogen) atoms. The quantitative estimate of drug-likeness (QED) is 0.273. The number of carbonyl (C=O) groups excluding carboxylic acids is 1. The van der Waals surface area contributed by atoms with Crippen LogP contribution in [0.4, 0.5) is 21.4 Å². The van der Waals surface area contributed by atoms with Gasteiger partial charge in [0.2, 0.25) is 0 Å². The van der Waals surface area contributed by atoms with Gasteiger partial charge in [-0.3, -0.25) is 15.2 Å². The van der Waals surface area contributed by atoms with Crippen LogP contribution in [0, 0.1) is 6.92 Å². The molecule has 1 aromatic carbocycles. The van der Waals surface area contributed by atoms with Crippen LogP contribution < -0.4 is 16.4 Å². The number of amides is 1. The smallest absolute Gasteiger partial charge is 0.413 e. The van der Waals surface area contributed by atoms with Gasteiger partial charge in [0.05, 0.1) is 24.0 Å². The Morgan fingerprint density at radius 2 is 1.98 bits per heavy atom. The van der Waals surface area contributed by atoms with Crippen LogP contribution >= 0.6 is 11.3 Å². The maximum Gasteiger partial charge on any atom is 0.413 e. The maximum absolute atomic E-state index is 13.3. The van der Waals surface area contributed by atoms with E-state index in [0.29, 0.717) is 44.1 Å². The molecule has 3 aromatic heterocycles. The summed E-state index contributed by atoms with van der Waals surface area (Å²) in [6.07, 6.45) is 4.21. The third-order valence-corrected chi connectivity index (χ3v) is 10.3. The van der Waals surface area contributed by atoms with Crippen LogP contribution in [0.5, 0.6) is 0 Å². The standard InChI is InChI=1S/C26H31N9O4S2/c1-16(31-23-21-6-4-5-20(22(21)29-15-30-23)18-11-19(27)13-28-12-18)14-34-7-9-35(10-8-34)41(37,38)24-17(2)32-25(40-24)33-26(36)39-3/h4-6,11-13,15-16H,7-10,14,27H2,1-3H3,(H,29,30,31)(H,32,33,36)/t16-/m0/s1. The first-order valence-electron chi connectivity index (χ1n) is 12.9. The second-order valence-electron chi connectivity index (χ2n) is 9.69. The fourth-order valence-corrected chi connectivity index (χ4v) is 7.75. The number of piperazine rings is 1. The van der Waals surface area contributed by atoms with Gasteiger partial charge in [0, 0.05) is 67.7 Å². The highest BCUT2D eigenvalue weighted by molar-refractivity contribution is 7.91. The lowest BCUT2D eigenvalue weighted by Crippen LogP contribution is -2.50. The summed E-state index contributed by atoms with van der Waals surface area (Å²) in [6, 6.07) is 7.82. The molecule has 4 aromatic rings. The number of nitrogens with two attached hydrogens (primary N) is 1. The fraction of sp³-hybridized carbons (Fsp3) is 0.346. The van der Waals surface area contributed by atoms with E-state index in [2.05, 4.69) is 47.1 Å². The SMILES string of the molecule is COC(=O)Nc1nc(C)c(S(=O)(=O)N2CCN(C[C@H](C)Nc3ncnc4c(-c5cncc(N)c5)cccc34)CC2)s1. The zero-order valence-electron chi connectivity index (χ0n) is 22.9. The number of hydrogen-bond donors (Lipinski definition) is 3. The Balaban J connectivity index is 1.22. The number of pyridine rings is 1. The van der Waals surface area contributed by atoms with Crippen LogP contribution in [0.15, 0.2) is 47.2 Å². The van der Waals surface area contributed by atoms with E-state index in [1.54, 1.807) is 19.3 Å². The molecule has 1 atom stereocenters. The van der Waals surface area contributed by atoms with Crippen LogP contribution in [0.3, 0.4) is 0 Å². The summed E-state index contributed by atoms with van der Waals surface area (Å²) in [5.74, 6) is 0.722. The molecule has 4 heterocycles. The molecule has 0 bridgehead atoms. The van der Waals surface area contributed by atoms with Gasteiger partial charge in [-0.1, -0.05) is 23.5 Å². The number of hydrogen-bond acceptors (Lipinski definition) is 12. The molecule has 0 aliphatic carbocycles. The molecule has 1 fully saturated rings. The number of para-hydroxylation sites is 1. The molecular formula is C26H31N9O4S2. The zero-order chi connectivity index (χ0) is 29.1. The predicted octanol–water partition coefficient (Wildman–Crippen LogP) is 3.02. The molecule has 1 aliphatic heterocycles. The van der Waals surface area contributed by atoms with Crippen molar-refractivity contribution >= 4 is 55.0 Å². The van der Waals surface area contributed by atoms with Gasteiger partial charge >= 0.3 is 6.09 Å². The average molecular weight is 598 g/mol. The van der Waals surface area contributed by atoms with Crippen molar-refractivity contribution in [2.45, 2.75) is 24.1 Å². The van der Waals surface area contributed by atoms with E-state index in [9.17, 15) is 13.2 Å². The zero-order valence-corrected chi connectivity index (χ0v) is 24.5. The summed E-state index contributed by atoms with van der Waals surface area (Å²) in [6.45, 7) is 6.23. The van der Waals surface area contributed by atoms with E-state index >= 15 is 0 Å². The lowest BCUT2D eigenvalue weighted by Gasteiger charge is -2.35. The Morgan fingerprint density at radius 1 is 1.20 bits per heavy atom. The van der Waals surface area contributed by atoms with Crippen LogP contribution in [-0.2, 0) is 14.8 Å². The van der Waals surface area contributed by atoms with E-state index in [1.165, 1.54) is 17.7 Å². The number of aryl methyl sites for hydroxylation is 1. The van der Waals surface area contributed by atoms with Crippen molar-refractivity contribution in [3.63, 3.8) is 0 Å². The van der Waals surface area contributed by atoms with Crippen molar-refractivity contribution in [3.05, 3.63) is 48.7 Å². The van der Waals surface area contributed by atoms with E-state index in [1.807, 2.05) is 24.3 Å². The van der Waals surface area contributed by atoms with E-state index in [-0.39, 0.29) is 15.4 Å². The fourth-order valence-electron chi connectivity index (χ4n) is 4.79. The Hall–Kier alpha value is -3.92. The molecule has 0 radical (unpaired) electrons. The number of methoxy groups -OCH3 is 1. The number of aromatic nitrogens is 4. The molecule has 1 saturated heterocycles. The molecule has 0 saturated carbocycles. The Morgan fingerprint density at radius 3 is 2.71 bits per heavy atom. The molecule has 5 rings (SSSR count). The van der Waals surface area contributed by atoms with Crippen LogP contribution in [0.2, 0.25) is 0 Å². The number of ether oxygens (including phenoxy) is 1. The van der Waals surface area contributed by atoms with Crippen molar-refractivity contribution in [2.75, 3.05) is 56.2 Å². The van der Waals surface area contributed by atoms with Gasteiger partial charge in [0.25, 0.3) is 10.0 Å². The first-order valence-corrected chi connectivity index (χ1v) is 15.2. The number of thiazole rings is 1. The predicted molar refractivity (Wildman–Crippen MR) is 158 cm³/mol. The minimum absolute atomic E-state index is 0.0321. The molecular weight excluding hydrogens is 566 g/mol. The van der Waals surface area contributed by atoms with Crippen molar-refractivity contribution in [1.29, 1.82) is 0 Å². The van der Waals surface area contributed by atoms with Gasteiger partial charge in [-0.25, -0.2) is 28.2 Å². The van der Waals surface area contributed by atoms with Gasteiger partial charge in [-0.15, -0.1) is 0 Å². The molecule has 0 unspecified atom stereocenters. The third kappa shape index (κ3) is 6.22. The molecule has 1 aliphatic rings. The summed E-state index contributed by atoms with van der Waals surface area (Å²) in [4.78, 5) is 31.1. The molecule has 0 spiro atoms. The Labute approximate surface area is 241 Å². The summed E-state index contributed by atoms with van der Waals surface area (Å²) < 4.78 is 32.8. The monoisotopic (exact) mass is 597 g/mol. The van der Waals surface area contributed by atoms with Crippen molar-refractivity contribution in [2.24, 2.45) is 0 Å². The van der Waals surface area contributed by atoms with Gasteiger partial charge in [-0.2, -0.15) is 4.31 Å². The number of nitrogen functional groups attached to an aromatic ring is 1. The third-order valence-electron chi connectivity index (χ3n) is 6.70. The molecule has 13 nitrogen and oxygen atoms in total. The lowest BCUT2D eigenvalue weighted by molar-refractivity contribution is 0.184. The van der Waals surface area contributed by atoms with Crippen molar-refractivity contribution in [1.82, 2.24) is 29.1 Å². The number of anilines is 3. The second kappa shape index (κ2) is 11.9. The lowest BCUT2D eigenvalue weighted by atomic mass is 10.0. The van der Waals surface area contributed by atoms with E-state index in [0.717, 1.165) is 39.2 Å². The van der Waals surface area contributed by atoms with E-state index in [4.69, 9.17) is 5.73 Å². The highest BCUT2D eigenvalue weighted by Crippen LogP contribution is 2.32. The number of nitrogens with one attached hydrogen (secondary N) is 2. The Bertz CT molecular complexity index is 1670. The number of nitrogens with zero attached hydrogens (tertiary/aromatic N) is 6. The first kappa shape index (κ1) is 28.6. The number of carbonyl (C=O) groups is 1. The molecule has 216 valence electrons. The summed E-state index contributed by atoms with van der Waals surface area (Å²) in [5, 5.41) is 7.00. The Kier molecular flexibility index (Phi) is 8.30. The van der Waals surface area contributed by atoms with Crippen LogP contribution in [-0.4, -0.2) is 89.5 Å². The largest absolute Gasteiger partial charge is 0.453 e. The number of benzene rings is 1. The maximum atomic E-state index is 13.3. The van der Waals surface area contributed by atoms with Crippen molar-refractivity contribution in [3.8, 4) is 11.1 Å². The summed E-state index contributed by atoms with van der Waals surface area (Å²) in [7, 11) is -2.51. The summed E-state index contributed by atoms with van der Waals surface area (Å²) >= 11 is 0.919. The minimum Gasteiger partial charge on any atom is -0.453 e. The van der Waals surface area contributed by atoms with Crippen molar-refractivity contribution < 1.29 is 17.9 Å². The molecule has 1 amide bonds. The van der Waals surface area contributed by atoms with E-state index < -0.39 is 16.1 Å². The highest BCUT2D eigenvalue weighted by Gasteiger charge is 2.32. The van der Waals surface area contributed by atoms with Crippen LogP contribution in [0.1, 0.15) is 12.6 Å². The topological polar surface area (TPSA) is 169 Å². The van der Waals surface area contributed by atoms with Gasteiger partial charge < -0.3 is 15.8 Å². The van der Waals surface area contributed by atoms with Crippen LogP contribution in [0.25, 0.3) is 22.0 Å². The van der Waals surface area contributed by atoms with Gasteiger partial charge in [0.15, 0.2) is 9.34 Å². The van der Waals surface area contributed by atoms with Gasteiger partial charge in [0.1, 0.15) is 12.1 Å². The molecule has 15 heteroatoms. The normalized spacial score (nSPS) is 15.5. The number of fused-ring (bicyclic) bond motifs is 1. The minimum atomic E-state index is -3.74. The highest BCUT2D eigenvalue weighted by atomic mass is 32.2. The number of rotatable bonds is 8. The second-order valence-corrected chi connectivity index (χ2v) is 12.8. The average Bonchev–Trinajstić information content (AvgIpc) is 3.33. The molecule has 4 N–H and O–H groups in total. The summed E-state index contributed by atoms with van der Waals surface area (Å²) in [5.41, 5.74) is 9.46. The number of sulfonamides is 1. The first-order chi connectivity index (χ1) is 19.7.